The van der Waals surface area contributed by atoms with Crippen LogP contribution in [0.15, 0.2) is 24.3 Å². The van der Waals surface area contributed by atoms with Crippen LogP contribution in [0, 0.1) is 6.92 Å². The first-order valence-electron chi connectivity index (χ1n) is 5.20. The van der Waals surface area contributed by atoms with E-state index in [1.807, 2.05) is 0 Å². The lowest BCUT2D eigenvalue weighted by atomic mass is 10.0. The molecule has 0 saturated carbocycles. The van der Waals surface area contributed by atoms with Crippen molar-refractivity contribution < 1.29 is 19.1 Å². The second-order valence-corrected chi connectivity index (χ2v) is 3.72. The average Bonchev–Trinajstić information content (AvgIpc) is 2.74. The number of hydrogen-bond donors (Lipinski definition) is 0. The third kappa shape index (κ3) is 2.04. The Morgan fingerprint density at radius 3 is 2.59 bits per heavy atom. The number of aryl methyl sites for hydroxylation is 1. The molecule has 0 N–H and O–H groups in total. The Labute approximate surface area is 98.0 Å². The van der Waals surface area contributed by atoms with Gasteiger partial charge in [-0.3, -0.25) is 9.59 Å². The minimum Gasteiger partial charge on any atom is -0.447 e. The van der Waals surface area contributed by atoms with Crippen molar-refractivity contribution in [2.75, 3.05) is 13.2 Å². The number of rotatable bonds is 2. The van der Waals surface area contributed by atoms with Crippen LogP contribution in [0.4, 0.5) is 4.79 Å². The molecule has 0 atom stereocenters. The van der Waals surface area contributed by atoms with Gasteiger partial charge in [0.1, 0.15) is 6.61 Å². The third-order valence-corrected chi connectivity index (χ3v) is 2.59. The highest BCUT2D eigenvalue weighted by atomic mass is 16.6. The number of cyclic esters (lactones) is 1. The van der Waals surface area contributed by atoms with Crippen LogP contribution in [0.2, 0.25) is 0 Å². The van der Waals surface area contributed by atoms with E-state index in [-0.39, 0.29) is 13.2 Å². The maximum Gasteiger partial charge on any atom is 0.417 e. The van der Waals surface area contributed by atoms with Gasteiger partial charge in [-0.15, -0.1) is 0 Å². The zero-order valence-corrected chi connectivity index (χ0v) is 9.30. The Morgan fingerprint density at radius 2 is 2.00 bits per heavy atom. The van der Waals surface area contributed by atoms with Crippen LogP contribution in [0.1, 0.15) is 15.9 Å². The number of ketones is 1. The smallest absolute Gasteiger partial charge is 0.417 e. The molecule has 1 aromatic rings. The van der Waals surface area contributed by atoms with E-state index in [4.69, 9.17) is 0 Å². The van der Waals surface area contributed by atoms with E-state index in [0.717, 1.165) is 4.90 Å². The van der Waals surface area contributed by atoms with Crippen LogP contribution in [0.5, 0.6) is 0 Å². The van der Waals surface area contributed by atoms with Gasteiger partial charge in [0.2, 0.25) is 0 Å². The van der Waals surface area contributed by atoms with E-state index < -0.39 is 17.8 Å². The van der Waals surface area contributed by atoms with E-state index in [9.17, 15) is 14.4 Å². The number of carbonyl (C=O) groups excluding carboxylic acids is 3. The molecule has 1 aromatic carbocycles. The molecule has 0 aromatic heterocycles. The number of imide groups is 1. The van der Waals surface area contributed by atoms with Crippen LogP contribution < -0.4 is 0 Å². The normalized spacial score (nSPS) is 14.6. The van der Waals surface area contributed by atoms with Gasteiger partial charge in [-0.2, -0.15) is 0 Å². The zero-order chi connectivity index (χ0) is 12.4. The van der Waals surface area contributed by atoms with Crippen LogP contribution >= 0.6 is 0 Å². The van der Waals surface area contributed by atoms with Gasteiger partial charge >= 0.3 is 12.0 Å². The molecule has 88 valence electrons. The number of amides is 2. The molecule has 5 heteroatoms. The quantitative estimate of drug-likeness (QED) is 0.568. The molecule has 0 aliphatic carbocycles. The molecular formula is C12H11NO4. The highest BCUT2D eigenvalue weighted by Gasteiger charge is 2.33. The molecule has 2 rings (SSSR count). The summed E-state index contributed by atoms with van der Waals surface area (Å²) in [5, 5.41) is 0. The minimum absolute atomic E-state index is 0.134. The molecular weight excluding hydrogens is 222 g/mol. The third-order valence-electron chi connectivity index (χ3n) is 2.59. The molecule has 2 amide bonds. The highest BCUT2D eigenvalue weighted by Crippen LogP contribution is 2.12. The van der Waals surface area contributed by atoms with Crippen LogP contribution in [0.3, 0.4) is 0 Å². The van der Waals surface area contributed by atoms with Crippen LogP contribution in [0.25, 0.3) is 0 Å². The standard InChI is InChI=1S/C12H11NO4/c1-8-4-2-3-5-9(8)10(14)11(15)13-6-7-17-12(13)16/h2-5H,6-7H2,1H3. The Bertz CT molecular complexity index is 495. The predicted molar refractivity (Wildman–Crippen MR) is 58.6 cm³/mol. The minimum atomic E-state index is -0.832. The van der Waals surface area contributed by atoms with Crippen molar-refractivity contribution in [3.8, 4) is 0 Å². The number of benzene rings is 1. The van der Waals surface area contributed by atoms with E-state index in [1.165, 1.54) is 0 Å². The lowest BCUT2D eigenvalue weighted by molar-refractivity contribution is -0.123. The molecule has 0 spiro atoms. The summed E-state index contributed by atoms with van der Waals surface area (Å²) >= 11 is 0. The number of carbonyl (C=O) groups is 3. The summed E-state index contributed by atoms with van der Waals surface area (Å²) in [7, 11) is 0. The largest absolute Gasteiger partial charge is 0.447 e. The maximum absolute atomic E-state index is 11.9. The molecule has 1 aliphatic heterocycles. The van der Waals surface area contributed by atoms with Crippen molar-refractivity contribution in [3.05, 3.63) is 35.4 Å². The van der Waals surface area contributed by atoms with E-state index >= 15 is 0 Å². The van der Waals surface area contributed by atoms with Gasteiger partial charge in [0, 0.05) is 5.56 Å². The van der Waals surface area contributed by atoms with Gasteiger partial charge in [0.25, 0.3) is 5.78 Å². The monoisotopic (exact) mass is 233 g/mol. The van der Waals surface area contributed by atoms with Gasteiger partial charge < -0.3 is 4.74 Å². The van der Waals surface area contributed by atoms with Crippen LogP contribution in [-0.2, 0) is 9.53 Å². The summed E-state index contributed by atoms with van der Waals surface area (Å²) in [5.41, 5.74) is 1.02. The number of Topliss-reactive ketones (excluding diaryl/α,β-unsaturated/α-hetero) is 1. The molecule has 1 aliphatic rings. The molecule has 1 fully saturated rings. The fourth-order valence-corrected chi connectivity index (χ4v) is 1.64. The van der Waals surface area contributed by atoms with Gasteiger partial charge in [-0.25, -0.2) is 9.69 Å². The highest BCUT2D eigenvalue weighted by molar-refractivity contribution is 6.44. The Hall–Kier alpha value is -2.17. The fraction of sp³-hybridized carbons (Fsp3) is 0.250. The first-order valence-corrected chi connectivity index (χ1v) is 5.20. The average molecular weight is 233 g/mol. The Kier molecular flexibility index (Phi) is 2.91. The molecule has 17 heavy (non-hydrogen) atoms. The van der Waals surface area contributed by atoms with Crippen LogP contribution in [-0.4, -0.2) is 35.8 Å². The summed E-state index contributed by atoms with van der Waals surface area (Å²) in [6.45, 7) is 2.02. The number of hydrogen-bond acceptors (Lipinski definition) is 4. The summed E-state index contributed by atoms with van der Waals surface area (Å²) in [4.78, 5) is 35.7. The summed E-state index contributed by atoms with van der Waals surface area (Å²) < 4.78 is 4.62. The van der Waals surface area contributed by atoms with Crippen molar-refractivity contribution in [1.29, 1.82) is 0 Å². The van der Waals surface area contributed by atoms with E-state index in [0.29, 0.717) is 11.1 Å². The predicted octanol–water partition coefficient (Wildman–Crippen LogP) is 1.16. The summed E-state index contributed by atoms with van der Waals surface area (Å²) in [6, 6.07) is 6.76. The lowest BCUT2D eigenvalue weighted by Crippen LogP contribution is -2.37. The second kappa shape index (κ2) is 4.37. The fourth-order valence-electron chi connectivity index (χ4n) is 1.64. The summed E-state index contributed by atoms with van der Waals surface area (Å²) in [5.74, 6) is -1.51. The molecule has 5 nitrogen and oxygen atoms in total. The number of ether oxygens (including phenoxy) is 1. The lowest BCUT2D eigenvalue weighted by Gasteiger charge is -2.10. The SMILES string of the molecule is Cc1ccccc1C(=O)C(=O)N1CCOC1=O. The molecule has 0 bridgehead atoms. The summed E-state index contributed by atoms with van der Waals surface area (Å²) in [6.07, 6.45) is -0.753. The topological polar surface area (TPSA) is 63.7 Å². The van der Waals surface area contributed by atoms with Crippen molar-refractivity contribution >= 4 is 17.8 Å². The van der Waals surface area contributed by atoms with Crippen molar-refractivity contribution in [2.24, 2.45) is 0 Å². The van der Waals surface area contributed by atoms with Crippen molar-refractivity contribution in [3.63, 3.8) is 0 Å². The van der Waals surface area contributed by atoms with Gasteiger partial charge in [0.05, 0.1) is 6.54 Å². The first kappa shape index (κ1) is 11.3. The Morgan fingerprint density at radius 1 is 1.29 bits per heavy atom. The Balaban J connectivity index is 2.24. The maximum atomic E-state index is 11.9. The van der Waals surface area contributed by atoms with Gasteiger partial charge in [0.15, 0.2) is 0 Å². The second-order valence-electron chi connectivity index (χ2n) is 3.72. The van der Waals surface area contributed by atoms with E-state index in [1.54, 1.807) is 31.2 Å². The number of nitrogens with zero attached hydrogens (tertiary/aromatic N) is 1. The molecule has 0 radical (unpaired) electrons. The van der Waals surface area contributed by atoms with Crippen molar-refractivity contribution in [1.82, 2.24) is 4.90 Å². The van der Waals surface area contributed by atoms with E-state index in [2.05, 4.69) is 4.74 Å². The zero-order valence-electron chi connectivity index (χ0n) is 9.30. The first-order chi connectivity index (χ1) is 8.11. The molecule has 1 saturated heterocycles. The van der Waals surface area contributed by atoms with Gasteiger partial charge in [-0.1, -0.05) is 24.3 Å². The molecule has 0 unspecified atom stereocenters. The van der Waals surface area contributed by atoms with Crippen molar-refractivity contribution in [2.45, 2.75) is 6.92 Å². The molecule has 1 heterocycles. The van der Waals surface area contributed by atoms with Gasteiger partial charge in [-0.05, 0) is 12.5 Å².